The van der Waals surface area contributed by atoms with E-state index < -0.39 is 0 Å². The first-order valence-electron chi connectivity index (χ1n) is 9.59. The summed E-state index contributed by atoms with van der Waals surface area (Å²) in [4.78, 5) is 8.93. The summed E-state index contributed by atoms with van der Waals surface area (Å²) in [6.45, 7) is 5.56. The summed E-state index contributed by atoms with van der Waals surface area (Å²) in [7, 11) is 3.51. The molecule has 1 aromatic carbocycles. The zero-order valence-electron chi connectivity index (χ0n) is 16.8. The summed E-state index contributed by atoms with van der Waals surface area (Å²) in [6, 6.07) is 10.8. The van der Waals surface area contributed by atoms with E-state index >= 15 is 0 Å². The molecule has 1 fully saturated rings. The van der Waals surface area contributed by atoms with Crippen LogP contribution in [0.15, 0.2) is 41.5 Å². The van der Waals surface area contributed by atoms with Gasteiger partial charge in [-0.25, -0.2) is 0 Å². The molecular weight excluding hydrogens is 336 g/mol. The Labute approximate surface area is 162 Å². The molecule has 0 bridgehead atoms. The van der Waals surface area contributed by atoms with Crippen LogP contribution in [0.4, 0.5) is 0 Å². The second-order valence-corrected chi connectivity index (χ2v) is 7.33. The predicted octanol–water partition coefficient (Wildman–Crippen LogP) is 3.49. The Hall–Kier alpha value is -2.56. The van der Waals surface area contributed by atoms with Gasteiger partial charge in [0.1, 0.15) is 5.75 Å². The average Bonchev–Trinajstić information content (AvgIpc) is 2.66. The highest BCUT2D eigenvalue weighted by Crippen LogP contribution is 2.43. The van der Waals surface area contributed by atoms with Gasteiger partial charge in [0.15, 0.2) is 5.96 Å². The van der Waals surface area contributed by atoms with Gasteiger partial charge in [-0.2, -0.15) is 0 Å². The number of pyridine rings is 1. The lowest BCUT2D eigenvalue weighted by Gasteiger charge is -2.43. The summed E-state index contributed by atoms with van der Waals surface area (Å²) in [6.07, 6.45) is 5.58. The van der Waals surface area contributed by atoms with E-state index in [1.54, 1.807) is 14.2 Å². The fourth-order valence-electron chi connectivity index (χ4n) is 3.85. The van der Waals surface area contributed by atoms with Gasteiger partial charge in [-0.1, -0.05) is 36.8 Å². The van der Waals surface area contributed by atoms with Crippen molar-refractivity contribution in [3.8, 4) is 5.75 Å². The zero-order valence-corrected chi connectivity index (χ0v) is 16.8. The van der Waals surface area contributed by atoms with Crippen molar-refractivity contribution in [3.05, 3.63) is 58.9 Å². The molecule has 1 aliphatic carbocycles. The third-order valence-corrected chi connectivity index (χ3v) is 5.69. The van der Waals surface area contributed by atoms with E-state index in [0.29, 0.717) is 6.54 Å². The van der Waals surface area contributed by atoms with E-state index in [0.717, 1.165) is 35.1 Å². The summed E-state index contributed by atoms with van der Waals surface area (Å²) in [5.74, 6) is 1.71. The molecule has 0 aliphatic heterocycles. The van der Waals surface area contributed by atoms with Gasteiger partial charge >= 0.3 is 0 Å². The molecule has 144 valence electrons. The maximum absolute atomic E-state index is 5.50. The highest BCUT2D eigenvalue weighted by molar-refractivity contribution is 5.79. The van der Waals surface area contributed by atoms with Crippen molar-refractivity contribution >= 4 is 5.96 Å². The molecule has 5 nitrogen and oxygen atoms in total. The van der Waals surface area contributed by atoms with Gasteiger partial charge in [0, 0.05) is 36.3 Å². The van der Waals surface area contributed by atoms with Crippen LogP contribution in [0, 0.1) is 13.8 Å². The normalized spacial score (nSPS) is 15.8. The number of aromatic nitrogens is 1. The summed E-state index contributed by atoms with van der Waals surface area (Å²) in [5.41, 5.74) is 4.73. The molecule has 5 heteroatoms. The lowest BCUT2D eigenvalue weighted by molar-refractivity contribution is 0.244. The van der Waals surface area contributed by atoms with Crippen LogP contribution in [0.2, 0.25) is 0 Å². The van der Waals surface area contributed by atoms with Crippen LogP contribution in [0.3, 0.4) is 0 Å². The van der Waals surface area contributed by atoms with Crippen molar-refractivity contribution in [1.82, 2.24) is 15.6 Å². The van der Waals surface area contributed by atoms with Crippen LogP contribution in [0.25, 0.3) is 0 Å². The summed E-state index contributed by atoms with van der Waals surface area (Å²) in [5, 5.41) is 6.91. The molecule has 2 aromatic rings. The van der Waals surface area contributed by atoms with E-state index in [-0.39, 0.29) is 5.41 Å². The number of hydrogen-bond acceptors (Lipinski definition) is 3. The number of methoxy groups -OCH3 is 1. The second-order valence-electron chi connectivity index (χ2n) is 7.33. The topological polar surface area (TPSA) is 58.5 Å². The highest BCUT2D eigenvalue weighted by Gasteiger charge is 2.38. The van der Waals surface area contributed by atoms with Crippen molar-refractivity contribution in [2.24, 2.45) is 4.99 Å². The molecule has 1 heterocycles. The Morgan fingerprint density at radius 3 is 2.52 bits per heavy atom. The molecule has 0 atom stereocenters. The zero-order chi connectivity index (χ0) is 19.3. The third kappa shape index (κ3) is 4.07. The number of hydrogen-bond donors (Lipinski definition) is 2. The number of nitrogens with zero attached hydrogens (tertiary/aromatic N) is 2. The Kier molecular flexibility index (Phi) is 5.99. The predicted molar refractivity (Wildman–Crippen MR) is 110 cm³/mol. The van der Waals surface area contributed by atoms with Crippen LogP contribution >= 0.6 is 0 Å². The van der Waals surface area contributed by atoms with Crippen molar-refractivity contribution in [2.75, 3.05) is 20.7 Å². The smallest absolute Gasteiger partial charge is 0.191 e. The number of aliphatic imine (C=N–C) groups is 1. The summed E-state index contributed by atoms with van der Waals surface area (Å²) < 4.78 is 5.50. The SMILES string of the molecule is CN=C(NCc1ncc(C)c(OC)c1C)NCC1(c2ccccc2)CCC1. The van der Waals surface area contributed by atoms with E-state index in [9.17, 15) is 0 Å². The quantitative estimate of drug-likeness (QED) is 0.607. The van der Waals surface area contributed by atoms with Crippen molar-refractivity contribution in [1.29, 1.82) is 0 Å². The lowest BCUT2D eigenvalue weighted by atomic mass is 9.64. The maximum Gasteiger partial charge on any atom is 0.191 e. The molecule has 0 amide bonds. The van der Waals surface area contributed by atoms with Crippen LogP contribution in [-0.4, -0.2) is 31.6 Å². The molecule has 1 saturated carbocycles. The van der Waals surface area contributed by atoms with Gasteiger partial charge in [0.05, 0.1) is 19.3 Å². The third-order valence-electron chi connectivity index (χ3n) is 5.69. The number of nitrogens with one attached hydrogen (secondary N) is 2. The minimum Gasteiger partial charge on any atom is -0.496 e. The van der Waals surface area contributed by atoms with E-state index in [1.807, 2.05) is 20.0 Å². The standard InChI is InChI=1S/C22H30N4O/c1-16-13-24-19(17(2)20(16)27-4)14-25-21(23-3)26-15-22(11-8-12-22)18-9-6-5-7-10-18/h5-7,9-10,13H,8,11-12,14-15H2,1-4H3,(H2,23,25,26). The van der Waals surface area contributed by atoms with E-state index in [2.05, 4.69) is 50.9 Å². The van der Waals surface area contributed by atoms with Gasteiger partial charge in [0.25, 0.3) is 0 Å². The Morgan fingerprint density at radius 1 is 1.19 bits per heavy atom. The molecule has 0 spiro atoms. The van der Waals surface area contributed by atoms with E-state index in [1.165, 1.54) is 24.8 Å². The number of ether oxygens (including phenoxy) is 1. The van der Waals surface area contributed by atoms with Crippen LogP contribution in [0.5, 0.6) is 5.75 Å². The molecule has 0 unspecified atom stereocenters. The fourth-order valence-corrected chi connectivity index (χ4v) is 3.85. The van der Waals surface area contributed by atoms with Crippen LogP contribution < -0.4 is 15.4 Å². The minimum atomic E-state index is 0.222. The number of benzene rings is 1. The monoisotopic (exact) mass is 366 g/mol. The number of rotatable bonds is 6. The minimum absolute atomic E-state index is 0.222. The molecule has 0 radical (unpaired) electrons. The maximum atomic E-state index is 5.50. The molecule has 1 aliphatic rings. The molecule has 27 heavy (non-hydrogen) atoms. The van der Waals surface area contributed by atoms with Gasteiger partial charge < -0.3 is 15.4 Å². The largest absolute Gasteiger partial charge is 0.496 e. The first kappa shape index (κ1) is 19.2. The lowest BCUT2D eigenvalue weighted by Crippen LogP contribution is -2.48. The van der Waals surface area contributed by atoms with E-state index in [4.69, 9.17) is 4.74 Å². The van der Waals surface area contributed by atoms with Gasteiger partial charge in [-0.15, -0.1) is 0 Å². The van der Waals surface area contributed by atoms with Crippen LogP contribution in [0.1, 0.15) is 41.6 Å². The number of guanidine groups is 1. The molecule has 0 saturated heterocycles. The van der Waals surface area contributed by atoms with Crippen molar-refractivity contribution < 1.29 is 4.74 Å². The van der Waals surface area contributed by atoms with Gasteiger partial charge in [-0.3, -0.25) is 9.98 Å². The fraction of sp³-hybridized carbons (Fsp3) is 0.455. The first-order valence-corrected chi connectivity index (χ1v) is 9.59. The van der Waals surface area contributed by atoms with Gasteiger partial charge in [-0.05, 0) is 32.3 Å². The Morgan fingerprint density at radius 2 is 1.93 bits per heavy atom. The first-order chi connectivity index (χ1) is 13.1. The molecular formula is C22H30N4O. The molecule has 2 N–H and O–H groups in total. The average molecular weight is 367 g/mol. The summed E-state index contributed by atoms with van der Waals surface area (Å²) >= 11 is 0. The number of aryl methyl sites for hydroxylation is 1. The highest BCUT2D eigenvalue weighted by atomic mass is 16.5. The Balaban J connectivity index is 1.62. The molecule has 1 aromatic heterocycles. The second kappa shape index (κ2) is 8.42. The van der Waals surface area contributed by atoms with Gasteiger partial charge in [0.2, 0.25) is 0 Å². The van der Waals surface area contributed by atoms with Crippen molar-refractivity contribution in [2.45, 2.75) is 45.1 Å². The molecule has 3 rings (SSSR count). The van der Waals surface area contributed by atoms with Crippen molar-refractivity contribution in [3.63, 3.8) is 0 Å². The Bertz CT molecular complexity index is 797. The van der Waals surface area contributed by atoms with Crippen LogP contribution in [-0.2, 0) is 12.0 Å².